The predicted molar refractivity (Wildman–Crippen MR) is 129 cm³/mol. The van der Waals surface area contributed by atoms with E-state index in [0.29, 0.717) is 5.70 Å². The van der Waals surface area contributed by atoms with Crippen LogP contribution in [0.1, 0.15) is 43.9 Å². The molecule has 5 rings (SSSR count). The van der Waals surface area contributed by atoms with Gasteiger partial charge in [0.15, 0.2) is 5.94 Å². The van der Waals surface area contributed by atoms with Gasteiger partial charge >= 0.3 is 0 Å². The SMILES string of the molecule is CCC1=Cc2ncc(C3(N4C=CC(=C5C=CC(C(=O)NC)N=C5)CC4)CC3)cc2NC1=C=O. The maximum absolute atomic E-state index is 11.8. The minimum absolute atomic E-state index is 0.0446. The van der Waals surface area contributed by atoms with E-state index in [2.05, 4.69) is 38.9 Å². The molecular weight excluding hydrogens is 414 g/mol. The lowest BCUT2D eigenvalue weighted by atomic mass is 9.96. The number of rotatable bonds is 4. The molecule has 1 aromatic heterocycles. The molecule has 0 spiro atoms. The third-order valence-electron chi connectivity index (χ3n) is 6.90. The first-order valence-electron chi connectivity index (χ1n) is 11.4. The summed E-state index contributed by atoms with van der Waals surface area (Å²) in [4.78, 5) is 34.6. The second-order valence-electron chi connectivity index (χ2n) is 8.75. The van der Waals surface area contributed by atoms with Crippen molar-refractivity contribution in [2.75, 3.05) is 18.9 Å². The van der Waals surface area contributed by atoms with Gasteiger partial charge in [0.05, 0.1) is 16.9 Å². The molecule has 0 aromatic carbocycles. The largest absolute Gasteiger partial charge is 0.367 e. The number of carbonyl (C=O) groups is 1. The molecule has 1 amide bonds. The molecule has 2 N–H and O–H groups in total. The van der Waals surface area contributed by atoms with Crippen LogP contribution in [0.4, 0.5) is 5.69 Å². The Balaban J connectivity index is 1.36. The van der Waals surface area contributed by atoms with E-state index in [9.17, 15) is 9.59 Å². The Morgan fingerprint density at radius 1 is 1.36 bits per heavy atom. The van der Waals surface area contributed by atoms with Crippen LogP contribution in [-0.2, 0) is 15.1 Å². The Bertz CT molecular complexity index is 1190. The average molecular weight is 442 g/mol. The molecule has 1 aliphatic carbocycles. The number of pyridine rings is 1. The molecule has 33 heavy (non-hydrogen) atoms. The van der Waals surface area contributed by atoms with Crippen molar-refractivity contribution in [2.45, 2.75) is 44.2 Å². The summed E-state index contributed by atoms with van der Waals surface area (Å²) in [6.07, 6.45) is 17.7. The van der Waals surface area contributed by atoms with E-state index in [-0.39, 0.29) is 11.4 Å². The lowest BCUT2D eigenvalue weighted by molar-refractivity contribution is -0.120. The topological polar surface area (TPSA) is 86.7 Å². The van der Waals surface area contributed by atoms with Crippen LogP contribution in [0.15, 0.2) is 64.1 Å². The quantitative estimate of drug-likeness (QED) is 0.701. The zero-order chi connectivity index (χ0) is 23.0. The van der Waals surface area contributed by atoms with Gasteiger partial charge in [-0.25, -0.2) is 4.79 Å². The zero-order valence-corrected chi connectivity index (χ0v) is 18.9. The number of nitrogens with one attached hydrogen (secondary N) is 2. The monoisotopic (exact) mass is 441 g/mol. The molecule has 168 valence electrons. The molecule has 0 radical (unpaired) electrons. The van der Waals surface area contributed by atoms with E-state index >= 15 is 0 Å². The smallest absolute Gasteiger partial charge is 0.248 e. The molecule has 1 saturated carbocycles. The first-order chi connectivity index (χ1) is 16.1. The van der Waals surface area contributed by atoms with Gasteiger partial charge in [0, 0.05) is 32.2 Å². The van der Waals surface area contributed by atoms with Gasteiger partial charge in [0.25, 0.3) is 0 Å². The van der Waals surface area contributed by atoms with Crippen LogP contribution in [0.3, 0.4) is 0 Å². The number of anilines is 1. The summed E-state index contributed by atoms with van der Waals surface area (Å²) in [5, 5.41) is 5.85. The molecule has 1 fully saturated rings. The van der Waals surface area contributed by atoms with Crippen LogP contribution in [0.25, 0.3) is 6.08 Å². The van der Waals surface area contributed by atoms with Crippen molar-refractivity contribution in [1.29, 1.82) is 0 Å². The molecule has 1 unspecified atom stereocenters. The normalized spacial score (nSPS) is 24.5. The number of dihydropyridines is 1. The minimum atomic E-state index is -0.443. The fraction of sp³-hybridized carbons (Fsp3) is 0.346. The van der Waals surface area contributed by atoms with Crippen LogP contribution in [0.2, 0.25) is 0 Å². The number of fused-ring (bicyclic) bond motifs is 1. The van der Waals surface area contributed by atoms with Gasteiger partial charge in [-0.3, -0.25) is 14.8 Å². The van der Waals surface area contributed by atoms with E-state index < -0.39 is 6.04 Å². The summed E-state index contributed by atoms with van der Waals surface area (Å²) in [7, 11) is 1.62. The highest BCUT2D eigenvalue weighted by molar-refractivity contribution is 5.92. The molecule has 7 nitrogen and oxygen atoms in total. The van der Waals surface area contributed by atoms with Crippen molar-refractivity contribution in [3.8, 4) is 0 Å². The van der Waals surface area contributed by atoms with Crippen molar-refractivity contribution in [3.63, 3.8) is 0 Å². The van der Waals surface area contributed by atoms with E-state index in [4.69, 9.17) is 4.98 Å². The Morgan fingerprint density at radius 3 is 2.82 bits per heavy atom. The zero-order valence-electron chi connectivity index (χ0n) is 18.9. The third kappa shape index (κ3) is 3.74. The van der Waals surface area contributed by atoms with Crippen LogP contribution in [0.5, 0.6) is 0 Å². The molecule has 4 aliphatic rings. The summed E-state index contributed by atoms with van der Waals surface area (Å²) >= 11 is 0. The van der Waals surface area contributed by atoms with Gasteiger partial charge in [-0.1, -0.05) is 19.1 Å². The first-order valence-corrected chi connectivity index (χ1v) is 11.4. The van der Waals surface area contributed by atoms with Gasteiger partial charge in [-0.15, -0.1) is 0 Å². The van der Waals surface area contributed by atoms with Crippen molar-refractivity contribution < 1.29 is 9.59 Å². The molecule has 3 aliphatic heterocycles. The second kappa shape index (κ2) is 8.34. The standard InChI is InChI=1S/C26H27N5O2/c1-3-17-12-22-23(30-24(17)16-32)13-20(15-29-22)26(8-9-26)31-10-6-18(7-11-31)19-4-5-21(28-14-19)25(33)27-2/h4-6,10,12-15,21,30H,3,7-9,11H2,1-2H3,(H,27,33). The van der Waals surface area contributed by atoms with E-state index in [0.717, 1.165) is 54.8 Å². The maximum atomic E-state index is 11.8. The predicted octanol–water partition coefficient (Wildman–Crippen LogP) is 3.28. The summed E-state index contributed by atoms with van der Waals surface area (Å²) in [6, 6.07) is 1.69. The second-order valence-corrected chi connectivity index (χ2v) is 8.75. The Labute approximate surface area is 193 Å². The van der Waals surface area contributed by atoms with E-state index in [1.165, 1.54) is 11.1 Å². The molecule has 0 bridgehead atoms. The van der Waals surface area contributed by atoms with Crippen LogP contribution < -0.4 is 10.6 Å². The Morgan fingerprint density at radius 2 is 2.21 bits per heavy atom. The third-order valence-corrected chi connectivity index (χ3v) is 6.90. The summed E-state index contributed by atoms with van der Waals surface area (Å²) < 4.78 is 0. The van der Waals surface area contributed by atoms with Crippen LogP contribution in [-0.4, -0.2) is 47.6 Å². The highest BCUT2D eigenvalue weighted by Crippen LogP contribution is 2.52. The van der Waals surface area contributed by atoms with Crippen LogP contribution in [0, 0.1) is 0 Å². The lowest BCUT2D eigenvalue weighted by Gasteiger charge is -2.35. The molecule has 4 heterocycles. The number of nitrogens with zero attached hydrogens (tertiary/aromatic N) is 3. The van der Waals surface area contributed by atoms with E-state index in [1.807, 2.05) is 37.3 Å². The summed E-state index contributed by atoms with van der Waals surface area (Å²) in [5.74, 6) is 1.93. The Kier molecular flexibility index (Phi) is 5.35. The molecule has 0 saturated heterocycles. The first kappa shape index (κ1) is 21.2. The highest BCUT2D eigenvalue weighted by Gasteiger charge is 2.49. The number of hydrogen-bond donors (Lipinski definition) is 2. The fourth-order valence-electron chi connectivity index (χ4n) is 4.74. The number of hydrogen-bond acceptors (Lipinski definition) is 6. The summed E-state index contributed by atoms with van der Waals surface area (Å²) in [6.45, 7) is 2.92. The van der Waals surface area contributed by atoms with Gasteiger partial charge in [-0.05, 0) is 66.2 Å². The molecule has 1 atom stereocenters. The van der Waals surface area contributed by atoms with Crippen molar-refractivity contribution in [1.82, 2.24) is 15.2 Å². The van der Waals surface area contributed by atoms with Gasteiger partial charge in [0.1, 0.15) is 11.7 Å². The van der Waals surface area contributed by atoms with Gasteiger partial charge in [-0.2, -0.15) is 0 Å². The van der Waals surface area contributed by atoms with Crippen LogP contribution >= 0.6 is 0 Å². The number of likely N-dealkylation sites (N-methyl/N-ethyl adjacent to an activating group) is 1. The molecular formula is C26H27N5O2. The number of allylic oxidation sites excluding steroid dienone is 4. The Hall–Kier alpha value is -3.70. The highest BCUT2D eigenvalue weighted by atomic mass is 16.2. The summed E-state index contributed by atoms with van der Waals surface area (Å²) in [5.41, 5.74) is 6.57. The number of carbonyl (C=O) groups excluding carboxylic acids is 2. The van der Waals surface area contributed by atoms with Crippen molar-refractivity contribution >= 4 is 29.8 Å². The number of aromatic nitrogens is 1. The number of amides is 1. The van der Waals surface area contributed by atoms with Crippen molar-refractivity contribution in [2.24, 2.45) is 4.99 Å². The fourth-order valence-corrected chi connectivity index (χ4v) is 4.74. The molecule has 7 heteroatoms. The number of aliphatic imine (C=N–C) groups is 1. The van der Waals surface area contributed by atoms with Gasteiger partial charge < -0.3 is 15.5 Å². The average Bonchev–Trinajstić information content (AvgIpc) is 3.69. The van der Waals surface area contributed by atoms with Crippen molar-refractivity contribution in [3.05, 3.63) is 70.4 Å². The molecule has 1 aromatic rings. The van der Waals surface area contributed by atoms with Gasteiger partial charge in [0.2, 0.25) is 5.91 Å². The lowest BCUT2D eigenvalue weighted by Crippen LogP contribution is -2.34. The maximum Gasteiger partial charge on any atom is 0.248 e. The van der Waals surface area contributed by atoms with E-state index in [1.54, 1.807) is 13.3 Å². The minimum Gasteiger partial charge on any atom is -0.367 e.